The van der Waals surface area contributed by atoms with E-state index >= 15 is 0 Å². The lowest BCUT2D eigenvalue weighted by atomic mass is 10.1. The third kappa shape index (κ3) is 3.36. The van der Waals surface area contributed by atoms with Crippen molar-refractivity contribution in [1.82, 2.24) is 5.32 Å². The van der Waals surface area contributed by atoms with Crippen molar-refractivity contribution in [3.63, 3.8) is 0 Å². The summed E-state index contributed by atoms with van der Waals surface area (Å²) in [5.74, 6) is -2.53. The first kappa shape index (κ1) is 16.2. The fourth-order valence-corrected chi connectivity index (χ4v) is 2.21. The number of aliphatic carboxylic acids is 1. The Morgan fingerprint density at radius 1 is 1.41 bits per heavy atom. The van der Waals surface area contributed by atoms with Crippen molar-refractivity contribution >= 4 is 34.4 Å². The number of hydrogen-bond donors (Lipinski definition) is 2. The molecule has 2 aromatic rings. The Morgan fingerprint density at radius 3 is 2.68 bits per heavy atom. The average Bonchev–Trinajstić information content (AvgIpc) is 2.74. The summed E-state index contributed by atoms with van der Waals surface area (Å²) in [7, 11) is 0. The minimum absolute atomic E-state index is 0.127. The number of alkyl halides is 2. The summed E-state index contributed by atoms with van der Waals surface area (Å²) in [6.07, 6.45) is -3.83. The number of benzene rings is 1. The van der Waals surface area contributed by atoms with Gasteiger partial charge in [0.2, 0.25) is 6.43 Å². The topological polar surface area (TPSA) is 79.5 Å². The quantitative estimate of drug-likeness (QED) is 0.881. The van der Waals surface area contributed by atoms with Gasteiger partial charge in [-0.1, -0.05) is 11.6 Å². The zero-order valence-corrected chi connectivity index (χ0v) is 12.2. The Kier molecular flexibility index (Phi) is 4.65. The second-order valence-electron chi connectivity index (χ2n) is 4.69. The third-order valence-electron chi connectivity index (χ3n) is 3.12. The standard InChI is InChI=1S/C14H12ClF2NO4/c1-6-8-4-7(15)2-3-10(8)22-12(6)13(19)18-9(14(20)21)5-11(16)17/h2-4,9,11H,5H2,1H3,(H,18,19)(H,20,21). The Morgan fingerprint density at radius 2 is 2.09 bits per heavy atom. The molecule has 0 radical (unpaired) electrons. The van der Waals surface area contributed by atoms with Crippen LogP contribution in [0.2, 0.25) is 5.02 Å². The van der Waals surface area contributed by atoms with E-state index in [1.165, 1.54) is 0 Å². The van der Waals surface area contributed by atoms with E-state index in [1.54, 1.807) is 25.1 Å². The number of furan rings is 1. The Bertz CT molecular complexity index is 729. The highest BCUT2D eigenvalue weighted by atomic mass is 35.5. The highest BCUT2D eigenvalue weighted by Crippen LogP contribution is 2.28. The lowest BCUT2D eigenvalue weighted by Crippen LogP contribution is -2.42. The predicted molar refractivity (Wildman–Crippen MR) is 75.5 cm³/mol. The molecule has 0 aliphatic carbocycles. The first-order valence-corrected chi connectivity index (χ1v) is 6.68. The van der Waals surface area contributed by atoms with Crippen LogP contribution in [0.3, 0.4) is 0 Å². The molecule has 22 heavy (non-hydrogen) atoms. The molecule has 0 fully saturated rings. The van der Waals surface area contributed by atoms with E-state index in [1.807, 2.05) is 5.32 Å². The maximum atomic E-state index is 12.3. The molecule has 1 atom stereocenters. The van der Waals surface area contributed by atoms with Crippen LogP contribution in [-0.4, -0.2) is 29.5 Å². The van der Waals surface area contributed by atoms with Crippen molar-refractivity contribution in [2.75, 3.05) is 0 Å². The Balaban J connectivity index is 2.29. The molecule has 0 bridgehead atoms. The monoisotopic (exact) mass is 331 g/mol. The number of carboxylic acids is 1. The van der Waals surface area contributed by atoms with Crippen LogP contribution in [-0.2, 0) is 4.79 Å². The van der Waals surface area contributed by atoms with Crippen LogP contribution in [0.4, 0.5) is 8.78 Å². The Hall–Kier alpha value is -2.15. The number of carbonyl (C=O) groups is 2. The second-order valence-corrected chi connectivity index (χ2v) is 5.12. The van der Waals surface area contributed by atoms with Gasteiger partial charge in [0.25, 0.3) is 5.91 Å². The first-order valence-electron chi connectivity index (χ1n) is 6.30. The van der Waals surface area contributed by atoms with Crippen molar-refractivity contribution in [1.29, 1.82) is 0 Å². The molecule has 1 amide bonds. The van der Waals surface area contributed by atoms with E-state index in [2.05, 4.69) is 0 Å². The second kappa shape index (κ2) is 6.31. The molecular weight excluding hydrogens is 320 g/mol. The molecule has 1 aromatic heterocycles. The van der Waals surface area contributed by atoms with E-state index in [-0.39, 0.29) is 5.76 Å². The molecule has 0 saturated heterocycles. The first-order chi connectivity index (χ1) is 10.3. The summed E-state index contributed by atoms with van der Waals surface area (Å²) in [4.78, 5) is 23.0. The van der Waals surface area contributed by atoms with Gasteiger partial charge in [0.15, 0.2) is 5.76 Å². The molecular formula is C14H12ClF2NO4. The third-order valence-corrected chi connectivity index (χ3v) is 3.36. The maximum Gasteiger partial charge on any atom is 0.326 e. The Labute approximate surface area is 128 Å². The van der Waals surface area contributed by atoms with Crippen molar-refractivity contribution in [3.05, 3.63) is 34.5 Å². The summed E-state index contributed by atoms with van der Waals surface area (Å²) in [5, 5.41) is 11.9. The summed E-state index contributed by atoms with van der Waals surface area (Å²) < 4.78 is 30.0. The summed E-state index contributed by atoms with van der Waals surface area (Å²) in [6, 6.07) is 3.05. The van der Waals surface area contributed by atoms with E-state index in [4.69, 9.17) is 21.1 Å². The molecule has 1 heterocycles. The van der Waals surface area contributed by atoms with Gasteiger partial charge in [-0.3, -0.25) is 4.79 Å². The van der Waals surface area contributed by atoms with Crippen molar-refractivity contribution in [3.8, 4) is 0 Å². The van der Waals surface area contributed by atoms with Gasteiger partial charge in [-0.05, 0) is 25.1 Å². The van der Waals surface area contributed by atoms with Crippen LogP contribution in [0.25, 0.3) is 11.0 Å². The smallest absolute Gasteiger partial charge is 0.326 e. The van der Waals surface area contributed by atoms with Crippen LogP contribution in [0.5, 0.6) is 0 Å². The van der Waals surface area contributed by atoms with E-state index in [0.29, 0.717) is 21.6 Å². The van der Waals surface area contributed by atoms with E-state index in [0.717, 1.165) is 0 Å². The lowest BCUT2D eigenvalue weighted by Gasteiger charge is -2.13. The van der Waals surface area contributed by atoms with Crippen LogP contribution in [0, 0.1) is 6.92 Å². The van der Waals surface area contributed by atoms with Gasteiger partial charge < -0.3 is 14.8 Å². The van der Waals surface area contributed by atoms with Gasteiger partial charge in [0.05, 0.1) is 0 Å². The predicted octanol–water partition coefficient (Wildman–Crippen LogP) is 3.23. The van der Waals surface area contributed by atoms with Crippen molar-refractivity contribution in [2.24, 2.45) is 0 Å². The number of amides is 1. The fraction of sp³-hybridized carbons (Fsp3) is 0.286. The van der Waals surface area contributed by atoms with Gasteiger partial charge >= 0.3 is 5.97 Å². The van der Waals surface area contributed by atoms with Gasteiger partial charge in [0, 0.05) is 22.4 Å². The molecule has 1 unspecified atom stereocenters. The number of fused-ring (bicyclic) bond motifs is 1. The summed E-state index contributed by atoms with van der Waals surface area (Å²) in [5.41, 5.74) is 0.851. The van der Waals surface area contributed by atoms with Gasteiger partial charge in [-0.25, -0.2) is 13.6 Å². The highest BCUT2D eigenvalue weighted by molar-refractivity contribution is 6.31. The number of carboxylic acid groups (broad SMARTS) is 1. The van der Waals surface area contributed by atoms with Crippen molar-refractivity contribution < 1.29 is 27.9 Å². The summed E-state index contributed by atoms with van der Waals surface area (Å²) >= 11 is 5.86. The number of carbonyl (C=O) groups excluding carboxylic acids is 1. The zero-order valence-electron chi connectivity index (χ0n) is 11.4. The minimum Gasteiger partial charge on any atom is -0.480 e. The zero-order chi connectivity index (χ0) is 16.4. The van der Waals surface area contributed by atoms with Crippen LogP contribution in [0.15, 0.2) is 22.6 Å². The van der Waals surface area contributed by atoms with Crippen molar-refractivity contribution in [2.45, 2.75) is 25.8 Å². The molecule has 2 rings (SSSR count). The van der Waals surface area contributed by atoms with Crippen LogP contribution >= 0.6 is 11.6 Å². The SMILES string of the molecule is Cc1c(C(=O)NC(CC(F)F)C(=O)O)oc2ccc(Cl)cc12. The summed E-state index contributed by atoms with van der Waals surface area (Å²) in [6.45, 7) is 1.60. The highest BCUT2D eigenvalue weighted by Gasteiger charge is 2.27. The maximum absolute atomic E-state index is 12.3. The van der Waals surface area contributed by atoms with E-state index < -0.39 is 30.8 Å². The molecule has 118 valence electrons. The number of hydrogen-bond acceptors (Lipinski definition) is 3. The molecule has 2 N–H and O–H groups in total. The van der Waals surface area contributed by atoms with Gasteiger partial charge in [0.1, 0.15) is 11.6 Å². The number of nitrogens with one attached hydrogen (secondary N) is 1. The molecule has 0 aliphatic rings. The molecule has 1 aromatic carbocycles. The molecule has 0 saturated carbocycles. The molecule has 0 aliphatic heterocycles. The molecule has 8 heteroatoms. The number of rotatable bonds is 5. The minimum atomic E-state index is -2.85. The van der Waals surface area contributed by atoms with E-state index in [9.17, 15) is 18.4 Å². The normalized spacial score (nSPS) is 12.6. The van der Waals surface area contributed by atoms with Crippen LogP contribution in [0.1, 0.15) is 22.5 Å². The largest absolute Gasteiger partial charge is 0.480 e. The van der Waals surface area contributed by atoms with Gasteiger partial charge in [-0.2, -0.15) is 0 Å². The molecule has 0 spiro atoms. The fourth-order valence-electron chi connectivity index (χ4n) is 2.03. The molecule has 5 nitrogen and oxygen atoms in total. The van der Waals surface area contributed by atoms with Crippen LogP contribution < -0.4 is 5.32 Å². The number of aryl methyl sites for hydroxylation is 1. The lowest BCUT2D eigenvalue weighted by molar-refractivity contribution is -0.140. The van der Waals surface area contributed by atoms with Gasteiger partial charge in [-0.15, -0.1) is 0 Å². The number of halogens is 3. The average molecular weight is 332 g/mol.